The molecule has 1 fully saturated rings. The van der Waals surface area contributed by atoms with Gasteiger partial charge in [-0.15, -0.1) is 0 Å². The highest BCUT2D eigenvalue weighted by atomic mass is 15.2. The second-order valence-electron chi connectivity index (χ2n) is 5.83. The summed E-state index contributed by atoms with van der Waals surface area (Å²) in [4.78, 5) is 4.17. The lowest BCUT2D eigenvalue weighted by Gasteiger charge is -2.33. The van der Waals surface area contributed by atoms with Crippen LogP contribution in [0.3, 0.4) is 0 Å². The zero-order valence-electron chi connectivity index (χ0n) is 10.8. The van der Waals surface area contributed by atoms with Gasteiger partial charge in [-0.1, -0.05) is 26.3 Å². The molecule has 3 N–H and O–H groups in total. The van der Waals surface area contributed by atoms with E-state index in [1.165, 1.54) is 24.8 Å². The standard InChI is InChI=1S/C14H23N3/c1-14(2)7-3-6-12(14)13(17-15)9-11-5-4-8-16-10-11/h4-5,8,10,12-13,17H,3,6-7,9,15H2,1-2H3. The van der Waals surface area contributed by atoms with Crippen molar-refractivity contribution in [1.82, 2.24) is 10.4 Å². The van der Waals surface area contributed by atoms with Gasteiger partial charge in [-0.2, -0.15) is 0 Å². The van der Waals surface area contributed by atoms with Gasteiger partial charge in [0.05, 0.1) is 0 Å². The Morgan fingerprint density at radius 2 is 2.41 bits per heavy atom. The molecular formula is C14H23N3. The Labute approximate surface area is 104 Å². The Hall–Kier alpha value is -0.930. The van der Waals surface area contributed by atoms with Crippen molar-refractivity contribution in [2.75, 3.05) is 0 Å². The van der Waals surface area contributed by atoms with Gasteiger partial charge >= 0.3 is 0 Å². The van der Waals surface area contributed by atoms with Gasteiger partial charge in [0.15, 0.2) is 0 Å². The Kier molecular flexibility index (Phi) is 3.79. The van der Waals surface area contributed by atoms with E-state index in [1.807, 2.05) is 18.5 Å². The van der Waals surface area contributed by atoms with Crippen molar-refractivity contribution in [2.24, 2.45) is 17.2 Å². The van der Waals surface area contributed by atoms with E-state index in [1.54, 1.807) is 0 Å². The fourth-order valence-electron chi connectivity index (χ4n) is 3.19. The van der Waals surface area contributed by atoms with Crippen LogP contribution in [-0.2, 0) is 6.42 Å². The molecule has 0 aromatic carbocycles. The molecule has 17 heavy (non-hydrogen) atoms. The largest absolute Gasteiger partial charge is 0.271 e. The van der Waals surface area contributed by atoms with Crippen LogP contribution in [0.1, 0.15) is 38.7 Å². The Morgan fingerprint density at radius 1 is 1.59 bits per heavy atom. The number of nitrogens with one attached hydrogen (secondary N) is 1. The topological polar surface area (TPSA) is 50.9 Å². The second kappa shape index (κ2) is 5.15. The fraction of sp³-hybridized carbons (Fsp3) is 0.643. The molecular weight excluding hydrogens is 210 g/mol. The predicted octanol–water partition coefficient (Wildman–Crippen LogP) is 2.28. The summed E-state index contributed by atoms with van der Waals surface area (Å²) in [6, 6.07) is 4.47. The van der Waals surface area contributed by atoms with E-state index in [4.69, 9.17) is 5.84 Å². The number of pyridine rings is 1. The molecule has 1 aliphatic rings. The molecule has 1 aromatic heterocycles. The first-order valence-corrected chi connectivity index (χ1v) is 6.48. The zero-order valence-corrected chi connectivity index (χ0v) is 10.8. The molecule has 2 atom stereocenters. The molecule has 0 bridgehead atoms. The van der Waals surface area contributed by atoms with Crippen molar-refractivity contribution < 1.29 is 0 Å². The van der Waals surface area contributed by atoms with E-state index in [2.05, 4.69) is 30.3 Å². The molecule has 0 spiro atoms. The monoisotopic (exact) mass is 233 g/mol. The van der Waals surface area contributed by atoms with Crippen LogP contribution >= 0.6 is 0 Å². The van der Waals surface area contributed by atoms with Crippen LogP contribution in [-0.4, -0.2) is 11.0 Å². The van der Waals surface area contributed by atoms with Gasteiger partial charge in [0, 0.05) is 18.4 Å². The van der Waals surface area contributed by atoms with Crippen molar-refractivity contribution in [2.45, 2.75) is 45.6 Å². The summed E-state index contributed by atoms with van der Waals surface area (Å²) in [5.41, 5.74) is 4.68. The van der Waals surface area contributed by atoms with Gasteiger partial charge in [0.1, 0.15) is 0 Å². The van der Waals surface area contributed by atoms with Gasteiger partial charge in [-0.05, 0) is 42.2 Å². The molecule has 3 heteroatoms. The van der Waals surface area contributed by atoms with Crippen LogP contribution in [0, 0.1) is 11.3 Å². The number of nitrogens with zero attached hydrogens (tertiary/aromatic N) is 1. The summed E-state index contributed by atoms with van der Waals surface area (Å²) < 4.78 is 0. The second-order valence-corrected chi connectivity index (χ2v) is 5.83. The number of hydrazine groups is 1. The summed E-state index contributed by atoms with van der Waals surface area (Å²) in [5.74, 6) is 6.41. The van der Waals surface area contributed by atoms with Gasteiger partial charge in [0.25, 0.3) is 0 Å². The normalized spacial score (nSPS) is 24.8. The Morgan fingerprint density at radius 3 is 2.94 bits per heavy atom. The van der Waals surface area contributed by atoms with E-state index < -0.39 is 0 Å². The molecule has 1 saturated carbocycles. The molecule has 1 aliphatic carbocycles. The zero-order chi connectivity index (χ0) is 12.3. The van der Waals surface area contributed by atoms with Gasteiger partial charge < -0.3 is 0 Å². The van der Waals surface area contributed by atoms with Crippen LogP contribution in [0.25, 0.3) is 0 Å². The number of hydrogen-bond donors (Lipinski definition) is 2. The number of nitrogens with two attached hydrogens (primary N) is 1. The molecule has 2 rings (SSSR count). The van der Waals surface area contributed by atoms with Crippen LogP contribution in [0.5, 0.6) is 0 Å². The quantitative estimate of drug-likeness (QED) is 0.619. The minimum Gasteiger partial charge on any atom is -0.271 e. The fourth-order valence-corrected chi connectivity index (χ4v) is 3.19. The maximum atomic E-state index is 5.75. The van der Waals surface area contributed by atoms with Crippen molar-refractivity contribution >= 4 is 0 Å². The highest BCUT2D eigenvalue weighted by Gasteiger charge is 2.39. The first-order valence-electron chi connectivity index (χ1n) is 6.48. The highest BCUT2D eigenvalue weighted by Crippen LogP contribution is 2.44. The van der Waals surface area contributed by atoms with Crippen LogP contribution < -0.4 is 11.3 Å². The molecule has 0 radical (unpaired) electrons. The first kappa shape index (κ1) is 12.5. The minimum absolute atomic E-state index is 0.358. The first-order chi connectivity index (χ1) is 8.13. The van der Waals surface area contributed by atoms with Crippen LogP contribution in [0.4, 0.5) is 0 Å². The molecule has 94 valence electrons. The minimum atomic E-state index is 0.358. The molecule has 0 saturated heterocycles. The molecule has 1 heterocycles. The van der Waals surface area contributed by atoms with E-state index in [-0.39, 0.29) is 0 Å². The lowest BCUT2D eigenvalue weighted by Crippen LogP contribution is -2.45. The molecule has 0 aliphatic heterocycles. The number of rotatable bonds is 4. The summed E-state index contributed by atoms with van der Waals surface area (Å²) in [5, 5.41) is 0. The van der Waals surface area contributed by atoms with Crippen LogP contribution in [0.15, 0.2) is 24.5 Å². The average molecular weight is 233 g/mol. The maximum Gasteiger partial charge on any atom is 0.0300 e. The smallest absolute Gasteiger partial charge is 0.0300 e. The van der Waals surface area contributed by atoms with Gasteiger partial charge in [-0.25, -0.2) is 0 Å². The van der Waals surface area contributed by atoms with E-state index in [0.29, 0.717) is 17.4 Å². The summed E-state index contributed by atoms with van der Waals surface area (Å²) in [6.45, 7) is 4.72. The van der Waals surface area contributed by atoms with E-state index >= 15 is 0 Å². The third-order valence-corrected chi connectivity index (χ3v) is 4.22. The number of aromatic nitrogens is 1. The van der Waals surface area contributed by atoms with E-state index in [0.717, 1.165) is 6.42 Å². The van der Waals surface area contributed by atoms with Crippen molar-refractivity contribution in [3.63, 3.8) is 0 Å². The van der Waals surface area contributed by atoms with Gasteiger partial charge in [-0.3, -0.25) is 16.3 Å². The van der Waals surface area contributed by atoms with Crippen molar-refractivity contribution in [1.29, 1.82) is 0 Å². The molecule has 2 unspecified atom stereocenters. The lowest BCUT2D eigenvalue weighted by atomic mass is 9.76. The Balaban J connectivity index is 2.07. The van der Waals surface area contributed by atoms with Gasteiger partial charge in [0.2, 0.25) is 0 Å². The third kappa shape index (κ3) is 2.85. The molecule has 1 aromatic rings. The van der Waals surface area contributed by atoms with Crippen molar-refractivity contribution in [3.05, 3.63) is 30.1 Å². The summed E-state index contributed by atoms with van der Waals surface area (Å²) in [7, 11) is 0. The highest BCUT2D eigenvalue weighted by molar-refractivity contribution is 5.11. The molecule has 3 nitrogen and oxygen atoms in total. The summed E-state index contributed by atoms with van der Waals surface area (Å²) in [6.07, 6.45) is 8.63. The Bertz CT molecular complexity index is 348. The predicted molar refractivity (Wildman–Crippen MR) is 70.2 cm³/mol. The summed E-state index contributed by atoms with van der Waals surface area (Å²) >= 11 is 0. The average Bonchev–Trinajstić information content (AvgIpc) is 2.67. The SMILES string of the molecule is CC1(C)CCCC1C(Cc1cccnc1)NN. The lowest BCUT2D eigenvalue weighted by molar-refractivity contribution is 0.196. The maximum absolute atomic E-state index is 5.75. The van der Waals surface area contributed by atoms with E-state index in [9.17, 15) is 0 Å². The van der Waals surface area contributed by atoms with Crippen LogP contribution in [0.2, 0.25) is 0 Å². The third-order valence-electron chi connectivity index (χ3n) is 4.22. The van der Waals surface area contributed by atoms with Crippen molar-refractivity contribution in [3.8, 4) is 0 Å². The molecule has 0 amide bonds. The number of hydrogen-bond acceptors (Lipinski definition) is 3.